The zero-order chi connectivity index (χ0) is 27.9. The van der Waals surface area contributed by atoms with Crippen molar-refractivity contribution in [2.45, 2.75) is 50.0 Å². The van der Waals surface area contributed by atoms with Crippen LogP contribution in [-0.4, -0.2) is 64.2 Å². The molecule has 2 atom stereocenters. The fourth-order valence-electron chi connectivity index (χ4n) is 5.79. The van der Waals surface area contributed by atoms with E-state index in [9.17, 15) is 23.3 Å². The minimum atomic E-state index is -2.97. The van der Waals surface area contributed by atoms with E-state index in [2.05, 4.69) is 26.3 Å². The maximum Gasteiger partial charge on any atom is 0.345 e. The highest BCUT2D eigenvalue weighted by Crippen LogP contribution is 2.43. The summed E-state index contributed by atoms with van der Waals surface area (Å²) in [7, 11) is -2.97. The number of hydrogen-bond donors (Lipinski definition) is 2. The van der Waals surface area contributed by atoms with Crippen molar-refractivity contribution >= 4 is 21.4 Å². The number of hydrogen-bond acceptors (Lipinski definition) is 8. The topological polar surface area (TPSA) is 154 Å². The molecule has 3 aromatic rings. The largest absolute Gasteiger partial charge is 0.369 e. The molecule has 0 spiro atoms. The second kappa shape index (κ2) is 10.2. The van der Waals surface area contributed by atoms with Crippen molar-refractivity contribution in [3.63, 3.8) is 0 Å². The summed E-state index contributed by atoms with van der Waals surface area (Å²) in [5, 5.41) is 17.5. The summed E-state index contributed by atoms with van der Waals surface area (Å²) in [6.45, 7) is 0.931. The van der Waals surface area contributed by atoms with E-state index in [1.807, 2.05) is 30.5 Å². The Bertz CT molecular complexity index is 1600. The average Bonchev–Trinajstić information content (AvgIpc) is 3.60. The molecule has 0 bridgehead atoms. The van der Waals surface area contributed by atoms with Crippen molar-refractivity contribution in [1.29, 1.82) is 5.26 Å². The molecule has 208 valence electrons. The van der Waals surface area contributed by atoms with Crippen LogP contribution in [0.1, 0.15) is 50.1 Å². The number of benzene rings is 1. The van der Waals surface area contributed by atoms with Crippen LogP contribution in [0.15, 0.2) is 47.7 Å². The number of H-pyrrole nitrogens is 1. The molecule has 2 N–H and O–H groups in total. The lowest BCUT2D eigenvalue weighted by atomic mass is 9.75. The fourth-order valence-corrected chi connectivity index (χ4v) is 6.99. The predicted molar refractivity (Wildman–Crippen MR) is 149 cm³/mol. The number of rotatable bonds is 6. The van der Waals surface area contributed by atoms with Crippen LogP contribution in [0.3, 0.4) is 0 Å². The van der Waals surface area contributed by atoms with Gasteiger partial charge in [-0.3, -0.25) is 4.79 Å². The van der Waals surface area contributed by atoms with Crippen molar-refractivity contribution in [2.75, 3.05) is 29.5 Å². The molecule has 1 amide bonds. The second-order valence-corrected chi connectivity index (χ2v) is 13.3. The van der Waals surface area contributed by atoms with Gasteiger partial charge in [0.2, 0.25) is 5.91 Å². The zero-order valence-corrected chi connectivity index (χ0v) is 22.9. The third-order valence-corrected chi connectivity index (χ3v) is 9.94. The molecule has 3 fully saturated rings. The van der Waals surface area contributed by atoms with Crippen LogP contribution in [0.25, 0.3) is 16.8 Å². The van der Waals surface area contributed by atoms with Crippen molar-refractivity contribution < 1.29 is 13.2 Å². The van der Waals surface area contributed by atoms with Gasteiger partial charge in [0.05, 0.1) is 35.2 Å². The molecule has 3 aliphatic rings. The minimum absolute atomic E-state index is 0.0923. The number of nitrogens with one attached hydrogen (secondary N) is 2. The fraction of sp³-hybridized carbons (Fsp3) is 0.464. The van der Waals surface area contributed by atoms with Gasteiger partial charge in [0.25, 0.3) is 0 Å². The lowest BCUT2D eigenvalue weighted by Crippen LogP contribution is -2.42. The molecular weight excluding hydrogens is 530 g/mol. The lowest BCUT2D eigenvalue weighted by molar-refractivity contribution is -0.127. The highest BCUT2D eigenvalue weighted by Gasteiger charge is 2.47. The Morgan fingerprint density at radius 1 is 1.10 bits per heavy atom. The smallest absolute Gasteiger partial charge is 0.345 e. The Morgan fingerprint density at radius 2 is 1.82 bits per heavy atom. The van der Waals surface area contributed by atoms with Crippen LogP contribution in [0.4, 0.5) is 5.69 Å². The molecule has 6 rings (SSSR count). The summed E-state index contributed by atoms with van der Waals surface area (Å²) in [4.78, 5) is 33.5. The summed E-state index contributed by atoms with van der Waals surface area (Å²) in [5.74, 6) is -0.230. The summed E-state index contributed by atoms with van der Waals surface area (Å²) in [6, 6.07) is 10.2. The van der Waals surface area contributed by atoms with Crippen molar-refractivity contribution in [3.8, 4) is 22.9 Å². The highest BCUT2D eigenvalue weighted by molar-refractivity contribution is 7.91. The van der Waals surface area contributed by atoms with Crippen LogP contribution in [0.2, 0.25) is 0 Å². The SMILES string of the molecule is N#CC1(NC(=O)C2CCCCC2c2nn(-c3cnc(=O)[nH]c3)cc2-c2ccc(N3CCS(=O)(=O)CC3)cc2)CC1. The molecule has 40 heavy (non-hydrogen) atoms. The van der Waals surface area contributed by atoms with Crippen LogP contribution >= 0.6 is 0 Å². The van der Waals surface area contributed by atoms with Crippen LogP contribution < -0.4 is 15.9 Å². The normalized spacial score (nSPS) is 23.2. The number of carbonyl (C=O) groups excluding carboxylic acids is 1. The van der Waals surface area contributed by atoms with E-state index in [0.29, 0.717) is 31.6 Å². The molecule has 1 aromatic carbocycles. The van der Waals surface area contributed by atoms with Crippen LogP contribution in [-0.2, 0) is 14.6 Å². The number of sulfone groups is 1. The van der Waals surface area contributed by atoms with Gasteiger partial charge in [-0.2, -0.15) is 15.3 Å². The summed E-state index contributed by atoms with van der Waals surface area (Å²) < 4.78 is 25.4. The first-order valence-electron chi connectivity index (χ1n) is 13.7. The summed E-state index contributed by atoms with van der Waals surface area (Å²) in [6.07, 6.45) is 9.71. The maximum absolute atomic E-state index is 13.4. The van der Waals surface area contributed by atoms with Crippen molar-refractivity contribution in [1.82, 2.24) is 25.1 Å². The molecule has 2 aromatic heterocycles. The maximum atomic E-state index is 13.4. The van der Waals surface area contributed by atoms with Crippen LogP contribution in [0, 0.1) is 17.2 Å². The van der Waals surface area contributed by atoms with Gasteiger partial charge >= 0.3 is 5.69 Å². The third kappa shape index (κ3) is 5.25. The predicted octanol–water partition coefficient (Wildman–Crippen LogP) is 2.30. The number of anilines is 1. The molecule has 0 radical (unpaired) electrons. The molecule has 2 saturated carbocycles. The number of carbonyl (C=O) groups is 1. The molecule has 3 heterocycles. The first kappa shape index (κ1) is 26.3. The third-order valence-electron chi connectivity index (χ3n) is 8.33. The molecular formula is C28H31N7O4S. The van der Waals surface area contributed by atoms with E-state index in [1.165, 1.54) is 6.20 Å². The Kier molecular flexibility index (Phi) is 6.70. The van der Waals surface area contributed by atoms with E-state index in [1.54, 1.807) is 10.9 Å². The Balaban J connectivity index is 1.35. The second-order valence-electron chi connectivity index (χ2n) is 11.0. The standard InChI is InChI=1S/C28H31N7O4S/c29-18-28(9-10-28)32-26(36)23-4-2-1-3-22(23)25-24(17-35(33-25)21-15-30-27(37)31-16-21)19-5-7-20(8-6-19)34-11-13-40(38,39)14-12-34/h5-8,15-17,22-23H,1-4,9-14H2,(H,32,36)(H,30,31,37). The van der Waals surface area contributed by atoms with Gasteiger partial charge in [-0.05, 0) is 43.4 Å². The lowest BCUT2D eigenvalue weighted by Gasteiger charge is -2.31. The summed E-state index contributed by atoms with van der Waals surface area (Å²) in [5.41, 5.74) is 2.97. The van der Waals surface area contributed by atoms with E-state index in [0.717, 1.165) is 48.2 Å². The van der Waals surface area contributed by atoms with Gasteiger partial charge in [-0.25, -0.2) is 17.9 Å². The number of nitriles is 1. The van der Waals surface area contributed by atoms with Crippen LogP contribution in [0.5, 0.6) is 0 Å². The Morgan fingerprint density at radius 3 is 2.48 bits per heavy atom. The van der Waals surface area contributed by atoms with E-state index >= 15 is 0 Å². The molecule has 1 aliphatic heterocycles. The first-order chi connectivity index (χ1) is 19.3. The minimum Gasteiger partial charge on any atom is -0.369 e. The Hall–Kier alpha value is -3.98. The van der Waals surface area contributed by atoms with Gasteiger partial charge in [0.1, 0.15) is 5.54 Å². The van der Waals surface area contributed by atoms with Gasteiger partial charge < -0.3 is 15.2 Å². The number of aromatic nitrogens is 4. The van der Waals surface area contributed by atoms with Gasteiger partial charge in [0.15, 0.2) is 9.84 Å². The van der Waals surface area contributed by atoms with E-state index in [4.69, 9.17) is 5.10 Å². The summed E-state index contributed by atoms with van der Waals surface area (Å²) >= 11 is 0. The van der Waals surface area contributed by atoms with Gasteiger partial charge in [0, 0.05) is 48.6 Å². The number of nitrogens with zero attached hydrogens (tertiary/aromatic N) is 5. The van der Waals surface area contributed by atoms with Gasteiger partial charge in [-0.1, -0.05) is 25.0 Å². The van der Waals surface area contributed by atoms with Crippen molar-refractivity contribution in [3.05, 3.63) is 59.0 Å². The molecule has 2 unspecified atom stereocenters. The molecule has 2 aliphatic carbocycles. The van der Waals surface area contributed by atoms with E-state index < -0.39 is 21.1 Å². The first-order valence-corrected chi connectivity index (χ1v) is 15.5. The molecule has 11 nitrogen and oxygen atoms in total. The highest BCUT2D eigenvalue weighted by atomic mass is 32.2. The number of amides is 1. The zero-order valence-electron chi connectivity index (χ0n) is 22.0. The van der Waals surface area contributed by atoms with Crippen molar-refractivity contribution in [2.24, 2.45) is 5.92 Å². The molecule has 12 heteroatoms. The average molecular weight is 562 g/mol. The van der Waals surface area contributed by atoms with E-state index in [-0.39, 0.29) is 29.2 Å². The quantitative estimate of drug-likeness (QED) is 0.465. The Labute approximate surface area is 232 Å². The van der Waals surface area contributed by atoms with Gasteiger partial charge in [-0.15, -0.1) is 0 Å². The number of aromatic amines is 1. The molecule has 1 saturated heterocycles. The monoisotopic (exact) mass is 561 g/mol.